The molecule has 0 spiro atoms. The van der Waals surface area contributed by atoms with E-state index in [1.807, 2.05) is 0 Å². The van der Waals surface area contributed by atoms with E-state index in [0.717, 1.165) is 25.9 Å². The number of primary amides is 1. The third-order valence-corrected chi connectivity index (χ3v) is 5.07. The van der Waals surface area contributed by atoms with Gasteiger partial charge in [0.05, 0.1) is 0 Å². The highest BCUT2D eigenvalue weighted by atomic mass is 16.1. The number of nitrogens with two attached hydrogens (primary N) is 1. The van der Waals surface area contributed by atoms with Crippen molar-refractivity contribution in [2.45, 2.75) is 90.4 Å². The largest absolute Gasteiger partial charge is 0.369 e. The molecule has 0 radical (unpaired) electrons. The zero-order chi connectivity index (χ0) is 16.0. The lowest BCUT2D eigenvalue weighted by Gasteiger charge is -2.30. The second-order valence-corrected chi connectivity index (χ2v) is 7.05. The number of rotatable bonds is 13. The van der Waals surface area contributed by atoms with Crippen LogP contribution >= 0.6 is 0 Å². The molecule has 0 aliphatic carbocycles. The minimum atomic E-state index is -0.102. The zero-order valence-corrected chi connectivity index (χ0v) is 14.8. The number of hydrogen-bond donors (Lipinski definition) is 1. The summed E-state index contributed by atoms with van der Waals surface area (Å²) in [5.41, 5.74) is 5.37. The molecule has 1 heterocycles. The molecule has 0 atom stereocenters. The molecule has 1 aliphatic heterocycles. The van der Waals surface area contributed by atoms with Crippen molar-refractivity contribution in [3.8, 4) is 0 Å². The van der Waals surface area contributed by atoms with Crippen molar-refractivity contribution >= 4 is 5.91 Å². The number of likely N-dealkylation sites (tertiary alicyclic amines) is 1. The number of unbranched alkanes of at least 4 members (excludes halogenated alkanes) is 10. The van der Waals surface area contributed by atoms with Gasteiger partial charge in [0.2, 0.25) is 5.91 Å². The standard InChI is InChI=1S/C19H38N2O/c1-2-3-4-5-6-7-8-9-10-11-12-15-21-16-13-18(14-17-21)19(20)22/h18H,2-17H2,1H3,(H2,20,22). The lowest BCUT2D eigenvalue weighted by Crippen LogP contribution is -2.38. The summed E-state index contributed by atoms with van der Waals surface area (Å²) in [6.45, 7) is 5.61. The number of piperidine rings is 1. The van der Waals surface area contributed by atoms with Gasteiger partial charge in [0.1, 0.15) is 0 Å². The monoisotopic (exact) mass is 310 g/mol. The third-order valence-electron chi connectivity index (χ3n) is 5.07. The van der Waals surface area contributed by atoms with E-state index in [1.54, 1.807) is 0 Å². The lowest BCUT2D eigenvalue weighted by molar-refractivity contribution is -0.123. The lowest BCUT2D eigenvalue weighted by atomic mass is 9.96. The van der Waals surface area contributed by atoms with Crippen LogP contribution in [0.1, 0.15) is 90.4 Å². The summed E-state index contributed by atoms with van der Waals surface area (Å²) in [4.78, 5) is 13.6. The quantitative estimate of drug-likeness (QED) is 0.509. The number of nitrogens with zero attached hydrogens (tertiary/aromatic N) is 1. The first kappa shape index (κ1) is 19.5. The summed E-state index contributed by atoms with van der Waals surface area (Å²) in [5.74, 6) is 0.0305. The Kier molecular flexibility index (Phi) is 11.4. The first-order chi connectivity index (χ1) is 10.7. The Morgan fingerprint density at radius 3 is 1.77 bits per heavy atom. The Morgan fingerprint density at radius 1 is 0.864 bits per heavy atom. The molecule has 0 unspecified atom stereocenters. The fraction of sp³-hybridized carbons (Fsp3) is 0.947. The molecule has 2 N–H and O–H groups in total. The van der Waals surface area contributed by atoms with Gasteiger partial charge in [0, 0.05) is 5.92 Å². The van der Waals surface area contributed by atoms with Crippen LogP contribution in [0.3, 0.4) is 0 Å². The second kappa shape index (κ2) is 12.9. The summed E-state index contributed by atoms with van der Waals surface area (Å²) >= 11 is 0. The van der Waals surface area contributed by atoms with Crippen LogP contribution in [0, 0.1) is 5.92 Å². The predicted molar refractivity (Wildman–Crippen MR) is 94.8 cm³/mol. The van der Waals surface area contributed by atoms with Crippen LogP contribution in [-0.2, 0) is 4.79 Å². The number of hydrogen-bond acceptors (Lipinski definition) is 2. The van der Waals surface area contributed by atoms with Crippen molar-refractivity contribution in [2.75, 3.05) is 19.6 Å². The maximum absolute atomic E-state index is 11.1. The molecule has 130 valence electrons. The predicted octanol–water partition coefficient (Wildman–Crippen LogP) is 4.49. The fourth-order valence-electron chi connectivity index (χ4n) is 3.44. The average Bonchev–Trinajstić information content (AvgIpc) is 2.53. The molecule has 0 bridgehead atoms. The Morgan fingerprint density at radius 2 is 1.32 bits per heavy atom. The fourth-order valence-corrected chi connectivity index (χ4v) is 3.44. The van der Waals surface area contributed by atoms with Crippen LogP contribution in [0.15, 0.2) is 0 Å². The summed E-state index contributed by atoms with van der Waals surface area (Å²) in [6.07, 6.45) is 17.4. The van der Waals surface area contributed by atoms with Crippen molar-refractivity contribution in [1.29, 1.82) is 0 Å². The van der Waals surface area contributed by atoms with E-state index in [2.05, 4.69) is 11.8 Å². The molecule has 22 heavy (non-hydrogen) atoms. The van der Waals surface area contributed by atoms with Gasteiger partial charge in [-0.1, -0.05) is 71.1 Å². The first-order valence-corrected chi connectivity index (χ1v) is 9.75. The van der Waals surface area contributed by atoms with Gasteiger partial charge in [0.25, 0.3) is 0 Å². The zero-order valence-electron chi connectivity index (χ0n) is 14.8. The molecule has 3 nitrogen and oxygen atoms in total. The van der Waals surface area contributed by atoms with Crippen LogP contribution in [0.2, 0.25) is 0 Å². The number of amides is 1. The summed E-state index contributed by atoms with van der Waals surface area (Å²) in [7, 11) is 0. The van der Waals surface area contributed by atoms with Crippen LogP contribution in [-0.4, -0.2) is 30.4 Å². The molecule has 1 saturated heterocycles. The minimum absolute atomic E-state index is 0.102. The molecule has 0 aromatic rings. The van der Waals surface area contributed by atoms with E-state index in [-0.39, 0.29) is 11.8 Å². The SMILES string of the molecule is CCCCCCCCCCCCCN1CCC(C(N)=O)CC1. The highest BCUT2D eigenvalue weighted by molar-refractivity contribution is 5.76. The normalized spacial score (nSPS) is 17.0. The van der Waals surface area contributed by atoms with E-state index in [0.29, 0.717) is 0 Å². The summed E-state index contributed by atoms with van der Waals surface area (Å²) < 4.78 is 0. The third kappa shape index (κ3) is 9.45. The van der Waals surface area contributed by atoms with Crippen LogP contribution < -0.4 is 5.73 Å². The maximum atomic E-state index is 11.1. The van der Waals surface area contributed by atoms with E-state index in [9.17, 15) is 4.79 Å². The van der Waals surface area contributed by atoms with Crippen molar-refractivity contribution in [3.05, 3.63) is 0 Å². The second-order valence-electron chi connectivity index (χ2n) is 7.05. The maximum Gasteiger partial charge on any atom is 0.220 e. The van der Waals surface area contributed by atoms with Crippen molar-refractivity contribution in [3.63, 3.8) is 0 Å². The van der Waals surface area contributed by atoms with Gasteiger partial charge in [-0.3, -0.25) is 4.79 Å². The van der Waals surface area contributed by atoms with Crippen molar-refractivity contribution in [1.82, 2.24) is 4.90 Å². The van der Waals surface area contributed by atoms with Gasteiger partial charge < -0.3 is 10.6 Å². The molecule has 1 rings (SSSR count). The molecule has 3 heteroatoms. The molecule has 0 saturated carbocycles. The van der Waals surface area contributed by atoms with Crippen LogP contribution in [0.5, 0.6) is 0 Å². The highest BCUT2D eigenvalue weighted by Crippen LogP contribution is 2.17. The molecule has 0 aromatic heterocycles. The first-order valence-electron chi connectivity index (χ1n) is 9.75. The summed E-state index contributed by atoms with van der Waals surface area (Å²) in [5, 5.41) is 0. The van der Waals surface area contributed by atoms with Gasteiger partial charge >= 0.3 is 0 Å². The molecule has 0 aromatic carbocycles. The van der Waals surface area contributed by atoms with Crippen molar-refractivity contribution < 1.29 is 4.79 Å². The number of carbonyl (C=O) groups is 1. The van der Waals surface area contributed by atoms with Gasteiger partial charge in [-0.25, -0.2) is 0 Å². The summed E-state index contributed by atoms with van der Waals surface area (Å²) in [6, 6.07) is 0. The van der Waals surface area contributed by atoms with E-state index < -0.39 is 0 Å². The Labute approximate surface area is 138 Å². The van der Waals surface area contributed by atoms with Crippen molar-refractivity contribution in [2.24, 2.45) is 11.7 Å². The topological polar surface area (TPSA) is 46.3 Å². The van der Waals surface area contributed by atoms with E-state index in [1.165, 1.54) is 77.2 Å². The average molecular weight is 311 g/mol. The van der Waals surface area contributed by atoms with E-state index >= 15 is 0 Å². The number of carbonyl (C=O) groups excluding carboxylic acids is 1. The van der Waals surface area contributed by atoms with Gasteiger partial charge in [-0.05, 0) is 38.9 Å². The Balaban J connectivity index is 1.81. The van der Waals surface area contributed by atoms with Gasteiger partial charge in [-0.15, -0.1) is 0 Å². The Bertz CT molecular complexity index is 273. The molecular weight excluding hydrogens is 272 g/mol. The molecule has 1 aliphatic rings. The molecule has 1 fully saturated rings. The van der Waals surface area contributed by atoms with Gasteiger partial charge in [-0.2, -0.15) is 0 Å². The van der Waals surface area contributed by atoms with E-state index in [4.69, 9.17) is 5.73 Å². The molecule has 1 amide bonds. The molecular formula is C19H38N2O. The smallest absolute Gasteiger partial charge is 0.220 e. The Hall–Kier alpha value is -0.570. The van der Waals surface area contributed by atoms with Crippen LogP contribution in [0.4, 0.5) is 0 Å². The minimum Gasteiger partial charge on any atom is -0.369 e. The van der Waals surface area contributed by atoms with Crippen LogP contribution in [0.25, 0.3) is 0 Å². The van der Waals surface area contributed by atoms with Gasteiger partial charge in [0.15, 0.2) is 0 Å². The highest BCUT2D eigenvalue weighted by Gasteiger charge is 2.22.